The highest BCUT2D eigenvalue weighted by atomic mass is 31.2. The van der Waals surface area contributed by atoms with Crippen molar-refractivity contribution in [3.63, 3.8) is 0 Å². The molecule has 0 aliphatic heterocycles. The average molecular weight is 594 g/mol. The molecule has 0 radical (unpaired) electrons. The molecule has 0 aliphatic rings. The van der Waals surface area contributed by atoms with Gasteiger partial charge in [0.05, 0.1) is 46.2 Å². The lowest BCUT2D eigenvalue weighted by molar-refractivity contribution is -0.128. The Hall–Kier alpha value is -1.45. The van der Waals surface area contributed by atoms with Gasteiger partial charge in [-0.25, -0.2) is 9.13 Å². The summed E-state index contributed by atoms with van der Waals surface area (Å²) in [5, 5.41) is 7.66. The molecule has 0 spiro atoms. The first-order valence-corrected chi connectivity index (χ1v) is 15.0. The average Bonchev–Trinajstić information content (AvgIpc) is 2.83. The van der Waals surface area contributed by atoms with E-state index in [9.17, 15) is 28.4 Å². The van der Waals surface area contributed by atoms with Crippen molar-refractivity contribution in [3.8, 4) is 0 Å². The van der Waals surface area contributed by atoms with E-state index in [0.717, 1.165) is 13.5 Å². The van der Waals surface area contributed by atoms with Crippen LogP contribution in [0.1, 0.15) is 39.5 Å². The molecular formula is C20H41N3O13P2. The van der Waals surface area contributed by atoms with Gasteiger partial charge >= 0.3 is 15.6 Å². The summed E-state index contributed by atoms with van der Waals surface area (Å²) < 4.78 is 51.7. The molecule has 16 nitrogen and oxygen atoms in total. The fourth-order valence-corrected chi connectivity index (χ4v) is 3.78. The minimum Gasteiger partial charge on any atom is -0.377 e. The topological polar surface area (TPSA) is 217 Å². The van der Waals surface area contributed by atoms with Crippen LogP contribution in [0.2, 0.25) is 0 Å². The SMILES string of the molecule is COP(=O)(O)OCCOCCOCCOP(=O)(O)OCCCCCCNC(=O)[C@H](CNC(C)=O)NC(C)=O. The van der Waals surface area contributed by atoms with Crippen molar-refractivity contribution in [3.05, 3.63) is 0 Å². The smallest absolute Gasteiger partial charge is 0.377 e. The van der Waals surface area contributed by atoms with Crippen molar-refractivity contribution in [1.82, 2.24) is 16.0 Å². The largest absolute Gasteiger partial charge is 0.472 e. The standard InChI is InChI=1S/C20H41N3O13P2/c1-17(24)22-16-19(23-18(2)25)20(26)21-8-6-4-5-7-9-34-38(29,30)36-15-13-33-11-10-32-12-14-35-37(27,28)31-3/h19H,4-16H2,1-3H3,(H,21,26)(H,22,24)(H,23,25)(H,27,28)(H,29,30)/t19-/m0/s1. The van der Waals surface area contributed by atoms with Gasteiger partial charge in [-0.15, -0.1) is 0 Å². The molecule has 0 aromatic carbocycles. The van der Waals surface area contributed by atoms with Gasteiger partial charge < -0.3 is 35.2 Å². The second-order valence-corrected chi connectivity index (χ2v) is 10.8. The monoisotopic (exact) mass is 593 g/mol. The quantitative estimate of drug-likeness (QED) is 0.0749. The highest BCUT2D eigenvalue weighted by Gasteiger charge is 2.21. The van der Waals surface area contributed by atoms with E-state index < -0.39 is 27.6 Å². The van der Waals surface area contributed by atoms with Gasteiger partial charge in [-0.3, -0.25) is 32.5 Å². The Balaban J connectivity index is 3.74. The van der Waals surface area contributed by atoms with Crippen LogP contribution in [0.3, 0.4) is 0 Å². The lowest BCUT2D eigenvalue weighted by Crippen LogP contribution is -2.52. The number of phosphoric acid groups is 2. The number of rotatable bonds is 24. The fourth-order valence-electron chi connectivity index (χ4n) is 2.63. The summed E-state index contributed by atoms with van der Waals surface area (Å²) in [7, 11) is -7.17. The minimum absolute atomic E-state index is 0.00867. The van der Waals surface area contributed by atoms with Crippen LogP contribution in [-0.2, 0) is 51.1 Å². The molecule has 0 fully saturated rings. The van der Waals surface area contributed by atoms with Crippen LogP contribution < -0.4 is 16.0 Å². The van der Waals surface area contributed by atoms with Crippen molar-refractivity contribution in [2.24, 2.45) is 0 Å². The van der Waals surface area contributed by atoms with Gasteiger partial charge in [0.1, 0.15) is 6.04 Å². The maximum atomic E-state index is 12.2. The maximum Gasteiger partial charge on any atom is 0.472 e. The second kappa shape index (κ2) is 21.4. The molecular weight excluding hydrogens is 552 g/mol. The lowest BCUT2D eigenvalue weighted by atomic mass is 10.2. The molecule has 3 atom stereocenters. The summed E-state index contributed by atoms with van der Waals surface area (Å²) in [6.07, 6.45) is 2.57. The Morgan fingerprint density at radius 3 is 1.79 bits per heavy atom. The van der Waals surface area contributed by atoms with Crippen LogP contribution in [0.4, 0.5) is 0 Å². The zero-order valence-corrected chi connectivity index (χ0v) is 23.8. The van der Waals surface area contributed by atoms with E-state index in [2.05, 4.69) is 25.0 Å². The lowest BCUT2D eigenvalue weighted by Gasteiger charge is -2.17. The zero-order chi connectivity index (χ0) is 28.9. The first kappa shape index (κ1) is 36.5. The first-order valence-electron chi connectivity index (χ1n) is 12.0. The van der Waals surface area contributed by atoms with Crippen LogP contribution in [-0.4, -0.2) is 100.0 Å². The summed E-state index contributed by atoms with van der Waals surface area (Å²) in [6.45, 7) is 3.11. The molecule has 0 saturated carbocycles. The first-order chi connectivity index (χ1) is 17.9. The molecule has 0 aromatic rings. The van der Waals surface area contributed by atoms with Crippen LogP contribution >= 0.6 is 15.6 Å². The van der Waals surface area contributed by atoms with Crippen LogP contribution in [0.15, 0.2) is 0 Å². The Kier molecular flexibility index (Phi) is 20.6. The molecule has 18 heteroatoms. The predicted octanol–water partition coefficient (Wildman–Crippen LogP) is 0.234. The van der Waals surface area contributed by atoms with Gasteiger partial charge in [0.25, 0.3) is 0 Å². The Bertz CT molecular complexity index is 787. The molecule has 224 valence electrons. The summed E-state index contributed by atoms with van der Waals surface area (Å²) >= 11 is 0. The predicted molar refractivity (Wildman–Crippen MR) is 134 cm³/mol. The van der Waals surface area contributed by atoms with Gasteiger partial charge in [-0.05, 0) is 12.8 Å². The third-order valence-corrected chi connectivity index (χ3v) is 6.43. The summed E-state index contributed by atoms with van der Waals surface area (Å²) in [4.78, 5) is 53.1. The molecule has 3 amide bonds. The third kappa shape index (κ3) is 22.5. The van der Waals surface area contributed by atoms with Crippen LogP contribution in [0, 0.1) is 0 Å². The number of hydrogen-bond acceptors (Lipinski definition) is 11. The highest BCUT2D eigenvalue weighted by molar-refractivity contribution is 7.47. The summed E-state index contributed by atoms with van der Waals surface area (Å²) in [6, 6.07) is -0.862. The van der Waals surface area contributed by atoms with E-state index in [0.29, 0.717) is 25.8 Å². The molecule has 38 heavy (non-hydrogen) atoms. The number of ether oxygens (including phenoxy) is 2. The Morgan fingerprint density at radius 1 is 0.711 bits per heavy atom. The van der Waals surface area contributed by atoms with E-state index in [1.54, 1.807) is 0 Å². The Labute approximate surface area is 222 Å². The molecule has 0 aliphatic carbocycles. The van der Waals surface area contributed by atoms with Crippen molar-refractivity contribution < 1.29 is 60.9 Å². The van der Waals surface area contributed by atoms with Crippen molar-refractivity contribution in [1.29, 1.82) is 0 Å². The highest BCUT2D eigenvalue weighted by Crippen LogP contribution is 2.43. The number of amides is 3. The van der Waals surface area contributed by atoms with Gasteiger partial charge in [0.2, 0.25) is 17.7 Å². The number of unbranched alkanes of at least 4 members (excludes halogenated alkanes) is 3. The second-order valence-electron chi connectivity index (χ2n) is 7.74. The molecule has 0 heterocycles. The van der Waals surface area contributed by atoms with E-state index in [1.165, 1.54) is 13.8 Å². The normalized spacial score (nSPS) is 15.2. The Morgan fingerprint density at radius 2 is 1.24 bits per heavy atom. The molecule has 2 unspecified atom stereocenters. The van der Waals surface area contributed by atoms with E-state index in [-0.39, 0.29) is 64.6 Å². The number of carbonyl (C=O) groups excluding carboxylic acids is 3. The van der Waals surface area contributed by atoms with E-state index in [1.807, 2.05) is 0 Å². The zero-order valence-electron chi connectivity index (χ0n) is 22.0. The number of hydrogen-bond donors (Lipinski definition) is 5. The molecule has 0 aromatic heterocycles. The fraction of sp³-hybridized carbons (Fsp3) is 0.850. The van der Waals surface area contributed by atoms with Gasteiger partial charge in [-0.1, -0.05) is 12.8 Å². The number of nitrogens with one attached hydrogen (secondary N) is 3. The maximum absolute atomic E-state index is 12.2. The number of phosphoric ester groups is 2. The van der Waals surface area contributed by atoms with Gasteiger partial charge in [0, 0.05) is 34.0 Å². The third-order valence-electron chi connectivity index (χ3n) is 4.44. The van der Waals surface area contributed by atoms with Crippen molar-refractivity contribution in [2.75, 3.05) is 66.4 Å². The van der Waals surface area contributed by atoms with Crippen LogP contribution in [0.25, 0.3) is 0 Å². The molecule has 5 N–H and O–H groups in total. The molecule has 0 saturated heterocycles. The van der Waals surface area contributed by atoms with Crippen molar-refractivity contribution >= 4 is 33.4 Å². The number of carbonyl (C=O) groups is 3. The minimum atomic E-state index is -4.20. The summed E-state index contributed by atoms with van der Waals surface area (Å²) in [5.41, 5.74) is 0. The van der Waals surface area contributed by atoms with E-state index >= 15 is 0 Å². The molecule has 0 bridgehead atoms. The summed E-state index contributed by atoms with van der Waals surface area (Å²) in [5.74, 6) is -1.10. The van der Waals surface area contributed by atoms with Crippen molar-refractivity contribution in [2.45, 2.75) is 45.6 Å². The molecule has 0 rings (SSSR count). The van der Waals surface area contributed by atoms with Gasteiger partial charge in [-0.2, -0.15) is 0 Å². The van der Waals surface area contributed by atoms with E-state index in [4.69, 9.17) is 23.4 Å². The van der Waals surface area contributed by atoms with Crippen LogP contribution in [0.5, 0.6) is 0 Å². The van der Waals surface area contributed by atoms with Gasteiger partial charge in [0.15, 0.2) is 0 Å².